The summed E-state index contributed by atoms with van der Waals surface area (Å²) in [6.07, 6.45) is 6.72. The Bertz CT molecular complexity index is 775. The van der Waals surface area contributed by atoms with Gasteiger partial charge in [0.2, 0.25) is 0 Å². The number of ether oxygens (including phenoxy) is 1. The second-order valence-electron chi connectivity index (χ2n) is 6.58. The van der Waals surface area contributed by atoms with Crippen LogP contribution in [-0.2, 0) is 11.5 Å². The first-order valence-electron chi connectivity index (χ1n) is 7.52. The monoisotopic (exact) mass is 412 g/mol. The largest absolute Gasteiger partial charge is 0.360 e. The van der Waals surface area contributed by atoms with Crippen molar-refractivity contribution in [2.75, 3.05) is 31.1 Å². The van der Waals surface area contributed by atoms with E-state index < -0.39 is 10.0 Å². The zero-order valence-corrected chi connectivity index (χ0v) is 16.8. The Balaban J connectivity index is 2.32. The molecule has 0 unspecified atom stereocenters. The second kappa shape index (κ2) is 7.73. The van der Waals surface area contributed by atoms with E-state index in [0.29, 0.717) is 28.0 Å². The van der Waals surface area contributed by atoms with E-state index in [9.17, 15) is 9.65 Å². The van der Waals surface area contributed by atoms with Gasteiger partial charge in [-0.1, -0.05) is 6.07 Å². The summed E-state index contributed by atoms with van der Waals surface area (Å²) in [5, 5.41) is 9.40. The third-order valence-corrected chi connectivity index (χ3v) is 5.66. The number of hydrogen-bond acceptors (Lipinski definition) is 2. The van der Waals surface area contributed by atoms with Crippen LogP contribution in [0, 0.1) is 24.1 Å². The standard InChI is InChI=1S/C18H22BrFN2OS/c1-13-5-6-15(16(20)9-13)18-14(11-21)10-17(19)22(18)12-23-7-8-24(2,3)4/h5-6,9-10H,7-8,12H2,1-4H3. The fourth-order valence-electron chi connectivity index (χ4n) is 2.30. The molecule has 1 aromatic heterocycles. The minimum Gasteiger partial charge on any atom is -0.360 e. The van der Waals surface area contributed by atoms with E-state index in [0.717, 1.165) is 11.3 Å². The molecule has 0 bridgehead atoms. The number of halogens is 2. The van der Waals surface area contributed by atoms with Crippen LogP contribution in [0.4, 0.5) is 4.39 Å². The molecular weight excluding hydrogens is 391 g/mol. The third-order valence-electron chi connectivity index (χ3n) is 3.61. The van der Waals surface area contributed by atoms with Crippen molar-refractivity contribution in [3.63, 3.8) is 0 Å². The van der Waals surface area contributed by atoms with Crippen LogP contribution in [0.2, 0.25) is 0 Å². The van der Waals surface area contributed by atoms with Gasteiger partial charge in [-0.2, -0.15) is 5.26 Å². The number of hydrogen-bond donors (Lipinski definition) is 0. The average Bonchev–Trinajstić information content (AvgIpc) is 2.79. The average molecular weight is 413 g/mol. The van der Waals surface area contributed by atoms with Crippen molar-refractivity contribution in [3.05, 3.63) is 45.8 Å². The smallest absolute Gasteiger partial charge is 0.132 e. The molecule has 2 aromatic rings. The summed E-state index contributed by atoms with van der Waals surface area (Å²) < 4.78 is 22.7. The zero-order chi connectivity index (χ0) is 17.9. The lowest BCUT2D eigenvalue weighted by molar-refractivity contribution is 0.0895. The molecule has 1 heterocycles. The lowest BCUT2D eigenvalue weighted by Gasteiger charge is -2.24. The van der Waals surface area contributed by atoms with Gasteiger partial charge in [-0.25, -0.2) is 14.4 Å². The van der Waals surface area contributed by atoms with Crippen LogP contribution in [0.3, 0.4) is 0 Å². The second-order valence-corrected chi connectivity index (χ2v) is 12.0. The Labute approximate surface area is 152 Å². The maximum absolute atomic E-state index is 14.4. The van der Waals surface area contributed by atoms with Crippen LogP contribution in [0.1, 0.15) is 11.1 Å². The van der Waals surface area contributed by atoms with Crippen LogP contribution in [-0.4, -0.2) is 35.7 Å². The normalized spacial score (nSPS) is 12.2. The van der Waals surface area contributed by atoms with Gasteiger partial charge >= 0.3 is 0 Å². The van der Waals surface area contributed by atoms with Crippen molar-refractivity contribution < 1.29 is 9.13 Å². The fraction of sp³-hybridized carbons (Fsp3) is 0.389. The Kier molecular flexibility index (Phi) is 6.13. The summed E-state index contributed by atoms with van der Waals surface area (Å²) in [4.78, 5) is 0. The maximum atomic E-state index is 14.4. The van der Waals surface area contributed by atoms with Crippen LogP contribution >= 0.6 is 26.0 Å². The van der Waals surface area contributed by atoms with E-state index in [1.807, 2.05) is 13.0 Å². The molecule has 0 aliphatic rings. The van der Waals surface area contributed by atoms with Crippen LogP contribution in [0.5, 0.6) is 0 Å². The van der Waals surface area contributed by atoms with E-state index in [4.69, 9.17) is 4.74 Å². The van der Waals surface area contributed by atoms with Crippen molar-refractivity contribution in [1.29, 1.82) is 5.26 Å². The molecule has 24 heavy (non-hydrogen) atoms. The Morgan fingerprint density at radius 2 is 2.00 bits per heavy atom. The van der Waals surface area contributed by atoms with Crippen molar-refractivity contribution in [1.82, 2.24) is 4.57 Å². The molecule has 0 saturated heterocycles. The maximum Gasteiger partial charge on any atom is 0.132 e. The molecule has 0 saturated carbocycles. The zero-order valence-electron chi connectivity index (χ0n) is 14.4. The predicted octanol–water partition coefficient (Wildman–Crippen LogP) is 4.90. The van der Waals surface area contributed by atoms with Crippen molar-refractivity contribution >= 4 is 26.0 Å². The number of nitrogens with zero attached hydrogens (tertiary/aromatic N) is 2. The Hall–Kier alpha value is -1.29. The lowest BCUT2D eigenvalue weighted by Crippen LogP contribution is -2.11. The summed E-state index contributed by atoms with van der Waals surface area (Å²) in [5.41, 5.74) is 2.23. The molecule has 2 rings (SSSR count). The molecule has 0 N–H and O–H groups in total. The van der Waals surface area contributed by atoms with Gasteiger partial charge in [-0.15, -0.1) is 0 Å². The molecule has 0 fully saturated rings. The molecule has 0 atom stereocenters. The van der Waals surface area contributed by atoms with E-state index in [-0.39, 0.29) is 12.5 Å². The van der Waals surface area contributed by atoms with Gasteiger partial charge in [-0.05, 0) is 65.4 Å². The third kappa shape index (κ3) is 4.62. The van der Waals surface area contributed by atoms with Crippen LogP contribution < -0.4 is 0 Å². The number of rotatable bonds is 6. The molecule has 0 aliphatic carbocycles. The van der Waals surface area contributed by atoms with E-state index in [1.165, 1.54) is 6.07 Å². The van der Waals surface area contributed by atoms with Gasteiger partial charge in [0.1, 0.15) is 18.6 Å². The topological polar surface area (TPSA) is 38.0 Å². The van der Waals surface area contributed by atoms with Crippen molar-refractivity contribution in [3.8, 4) is 17.3 Å². The minimum atomic E-state index is -0.620. The van der Waals surface area contributed by atoms with E-state index >= 15 is 0 Å². The molecule has 3 nitrogen and oxygen atoms in total. The van der Waals surface area contributed by atoms with E-state index in [1.54, 1.807) is 16.7 Å². The highest BCUT2D eigenvalue weighted by molar-refractivity contribution is 9.10. The highest BCUT2D eigenvalue weighted by Gasteiger charge is 2.18. The fourth-order valence-corrected chi connectivity index (χ4v) is 3.42. The summed E-state index contributed by atoms with van der Waals surface area (Å²) >= 11 is 3.45. The first kappa shape index (κ1) is 19.0. The van der Waals surface area contributed by atoms with Gasteiger partial charge < -0.3 is 9.30 Å². The molecule has 0 aliphatic heterocycles. The van der Waals surface area contributed by atoms with Gasteiger partial charge in [0.05, 0.1) is 22.5 Å². The van der Waals surface area contributed by atoms with Crippen LogP contribution in [0.15, 0.2) is 28.9 Å². The van der Waals surface area contributed by atoms with Crippen molar-refractivity contribution in [2.45, 2.75) is 13.7 Å². The Morgan fingerprint density at radius 1 is 1.29 bits per heavy atom. The van der Waals surface area contributed by atoms with E-state index in [2.05, 4.69) is 40.8 Å². The van der Waals surface area contributed by atoms with Gasteiger partial charge in [0.15, 0.2) is 0 Å². The summed E-state index contributed by atoms with van der Waals surface area (Å²) in [7, 11) is -0.620. The van der Waals surface area contributed by atoms with Gasteiger partial charge in [0, 0.05) is 11.3 Å². The molecular formula is C18H22BrFN2OS. The molecule has 1 aromatic carbocycles. The first-order valence-corrected chi connectivity index (χ1v) is 11.3. The molecule has 130 valence electrons. The highest BCUT2D eigenvalue weighted by Crippen LogP contribution is 2.34. The predicted molar refractivity (Wildman–Crippen MR) is 103 cm³/mol. The number of benzene rings is 1. The Morgan fingerprint density at radius 3 is 2.58 bits per heavy atom. The molecule has 0 amide bonds. The van der Waals surface area contributed by atoms with Gasteiger partial charge in [-0.3, -0.25) is 0 Å². The van der Waals surface area contributed by atoms with Gasteiger partial charge in [0.25, 0.3) is 0 Å². The summed E-state index contributed by atoms with van der Waals surface area (Å²) in [6.45, 7) is 2.76. The lowest BCUT2D eigenvalue weighted by atomic mass is 10.1. The quantitative estimate of drug-likeness (QED) is 0.632. The number of aromatic nitrogens is 1. The highest BCUT2D eigenvalue weighted by atomic mass is 79.9. The van der Waals surface area contributed by atoms with Crippen molar-refractivity contribution in [2.24, 2.45) is 0 Å². The minimum absolute atomic E-state index is 0.278. The summed E-state index contributed by atoms with van der Waals surface area (Å²) in [6, 6.07) is 8.88. The molecule has 6 heteroatoms. The molecule has 0 radical (unpaired) electrons. The number of aryl methyl sites for hydroxylation is 1. The first-order chi connectivity index (χ1) is 11.2. The molecule has 0 spiro atoms. The number of nitriles is 1. The summed E-state index contributed by atoms with van der Waals surface area (Å²) in [5.74, 6) is 0.670. The van der Waals surface area contributed by atoms with Crippen LogP contribution in [0.25, 0.3) is 11.3 Å². The SMILES string of the molecule is Cc1ccc(-c2c(C#N)cc(Br)n2COCCS(C)(C)C)c(F)c1.